The number of hydrogen-bond donors (Lipinski definition) is 1. The number of aliphatic imine (C=N–C) groups is 1. The van der Waals surface area contributed by atoms with Crippen LogP contribution in [0.25, 0.3) is 0 Å². The van der Waals surface area contributed by atoms with Gasteiger partial charge in [0.15, 0.2) is 5.96 Å². The van der Waals surface area contributed by atoms with Crippen LogP contribution in [0, 0.1) is 12.8 Å². The summed E-state index contributed by atoms with van der Waals surface area (Å²) in [4.78, 5) is 18.8. The number of esters is 1. The number of rotatable bonds is 6. The molecule has 7 nitrogen and oxygen atoms in total. The Morgan fingerprint density at radius 1 is 1.40 bits per heavy atom. The number of aromatic nitrogens is 2. The van der Waals surface area contributed by atoms with Crippen LogP contribution in [-0.4, -0.2) is 59.4 Å². The molecule has 0 atom stereocenters. The highest BCUT2D eigenvalue weighted by Crippen LogP contribution is 2.18. The Morgan fingerprint density at radius 2 is 2.12 bits per heavy atom. The van der Waals surface area contributed by atoms with Gasteiger partial charge in [-0.1, -0.05) is 0 Å². The largest absolute Gasteiger partial charge is 0.466 e. The second-order valence-electron chi connectivity index (χ2n) is 6.03. The second kappa shape index (κ2) is 11.3. The number of guanidine groups is 1. The summed E-state index contributed by atoms with van der Waals surface area (Å²) in [6.45, 7) is 10.3. The molecule has 1 aliphatic heterocycles. The number of likely N-dealkylation sites (tertiary alicyclic amines) is 1. The number of carbonyl (C=O) groups excluding carboxylic acids is 1. The Balaban J connectivity index is 0.00000312. The van der Waals surface area contributed by atoms with E-state index in [0.29, 0.717) is 13.2 Å². The van der Waals surface area contributed by atoms with Crippen molar-refractivity contribution >= 4 is 35.9 Å². The zero-order chi connectivity index (χ0) is 17.4. The number of ether oxygens (including phenoxy) is 1. The quantitative estimate of drug-likeness (QED) is 0.303. The van der Waals surface area contributed by atoms with E-state index in [1.807, 2.05) is 30.9 Å². The van der Waals surface area contributed by atoms with Crippen molar-refractivity contribution in [2.24, 2.45) is 10.9 Å². The Morgan fingerprint density at radius 3 is 2.68 bits per heavy atom. The Labute approximate surface area is 167 Å². The molecule has 1 aromatic heterocycles. The Bertz CT molecular complexity index is 553. The molecule has 1 aliphatic rings. The van der Waals surface area contributed by atoms with Gasteiger partial charge in [0.05, 0.1) is 31.8 Å². The van der Waals surface area contributed by atoms with E-state index in [2.05, 4.69) is 22.2 Å². The molecule has 142 valence electrons. The minimum Gasteiger partial charge on any atom is -0.466 e. The van der Waals surface area contributed by atoms with Crippen molar-refractivity contribution in [3.05, 3.63) is 18.0 Å². The molecule has 8 heteroatoms. The second-order valence-corrected chi connectivity index (χ2v) is 6.03. The molecule has 0 aliphatic carbocycles. The molecule has 0 aromatic carbocycles. The van der Waals surface area contributed by atoms with E-state index in [1.54, 1.807) is 0 Å². The van der Waals surface area contributed by atoms with Gasteiger partial charge in [0.1, 0.15) is 0 Å². The topological polar surface area (TPSA) is 71.8 Å². The smallest absolute Gasteiger partial charge is 0.309 e. The molecule has 0 amide bonds. The third-order valence-electron chi connectivity index (χ3n) is 4.10. The SMILES string of the molecule is CCNC(=NCCn1cc(C)cn1)N1CCC(C(=O)OCC)CC1.I. The van der Waals surface area contributed by atoms with Crippen LogP contribution >= 0.6 is 24.0 Å². The third-order valence-corrected chi connectivity index (χ3v) is 4.10. The fourth-order valence-corrected chi connectivity index (χ4v) is 2.86. The summed E-state index contributed by atoms with van der Waals surface area (Å²) in [6.07, 6.45) is 5.52. The highest BCUT2D eigenvalue weighted by atomic mass is 127. The van der Waals surface area contributed by atoms with Gasteiger partial charge in [0.25, 0.3) is 0 Å². The number of halogens is 1. The Hall–Kier alpha value is -1.32. The van der Waals surface area contributed by atoms with E-state index in [9.17, 15) is 4.79 Å². The van der Waals surface area contributed by atoms with Crippen molar-refractivity contribution in [1.82, 2.24) is 20.0 Å². The average molecular weight is 463 g/mol. The van der Waals surface area contributed by atoms with E-state index >= 15 is 0 Å². The zero-order valence-corrected chi connectivity index (χ0v) is 17.7. The summed E-state index contributed by atoms with van der Waals surface area (Å²) in [6, 6.07) is 0. The molecule has 25 heavy (non-hydrogen) atoms. The number of nitrogens with one attached hydrogen (secondary N) is 1. The summed E-state index contributed by atoms with van der Waals surface area (Å²) in [7, 11) is 0. The molecule has 1 N–H and O–H groups in total. The lowest BCUT2D eigenvalue weighted by atomic mass is 9.97. The lowest BCUT2D eigenvalue weighted by Gasteiger charge is -2.33. The highest BCUT2D eigenvalue weighted by molar-refractivity contribution is 14.0. The lowest BCUT2D eigenvalue weighted by molar-refractivity contribution is -0.149. The van der Waals surface area contributed by atoms with Gasteiger partial charge >= 0.3 is 5.97 Å². The van der Waals surface area contributed by atoms with Crippen LogP contribution in [0.2, 0.25) is 0 Å². The lowest BCUT2D eigenvalue weighted by Crippen LogP contribution is -2.46. The summed E-state index contributed by atoms with van der Waals surface area (Å²) in [5.41, 5.74) is 1.16. The third kappa shape index (κ3) is 6.83. The molecular weight excluding hydrogens is 433 g/mol. The van der Waals surface area contributed by atoms with E-state index < -0.39 is 0 Å². The molecule has 1 aromatic rings. The molecule has 0 bridgehead atoms. The molecule has 1 saturated heterocycles. The van der Waals surface area contributed by atoms with Crippen LogP contribution in [0.4, 0.5) is 0 Å². The molecule has 0 radical (unpaired) electrons. The van der Waals surface area contributed by atoms with Crippen molar-refractivity contribution in [2.45, 2.75) is 40.2 Å². The molecular formula is C17H30IN5O2. The van der Waals surface area contributed by atoms with E-state index in [-0.39, 0.29) is 35.9 Å². The molecule has 1 fully saturated rings. The fraction of sp³-hybridized carbons (Fsp3) is 0.706. The van der Waals surface area contributed by atoms with Crippen LogP contribution in [0.5, 0.6) is 0 Å². The maximum absolute atomic E-state index is 11.8. The van der Waals surface area contributed by atoms with Gasteiger partial charge in [0, 0.05) is 25.8 Å². The standard InChI is InChI=1S/C17H29N5O2.HI/c1-4-18-17(19-8-11-22-13-14(3)12-20-22)21-9-6-15(7-10-21)16(23)24-5-2;/h12-13,15H,4-11H2,1-3H3,(H,18,19);1H. The van der Waals surface area contributed by atoms with Crippen molar-refractivity contribution < 1.29 is 9.53 Å². The predicted octanol–water partition coefficient (Wildman–Crippen LogP) is 2.05. The first-order valence-corrected chi connectivity index (χ1v) is 8.83. The van der Waals surface area contributed by atoms with Crippen molar-refractivity contribution in [3.63, 3.8) is 0 Å². The van der Waals surface area contributed by atoms with Crippen LogP contribution in [0.15, 0.2) is 17.4 Å². The zero-order valence-electron chi connectivity index (χ0n) is 15.4. The van der Waals surface area contributed by atoms with Crippen molar-refractivity contribution in [3.8, 4) is 0 Å². The minimum absolute atomic E-state index is 0. The number of aryl methyl sites for hydroxylation is 1. The summed E-state index contributed by atoms with van der Waals surface area (Å²) in [5.74, 6) is 0.882. The van der Waals surface area contributed by atoms with E-state index in [0.717, 1.165) is 50.5 Å². The van der Waals surface area contributed by atoms with Gasteiger partial charge in [-0.05, 0) is 39.2 Å². The molecule has 2 rings (SSSR count). The van der Waals surface area contributed by atoms with Crippen molar-refractivity contribution in [2.75, 3.05) is 32.8 Å². The molecule has 0 saturated carbocycles. The van der Waals surface area contributed by atoms with Gasteiger partial charge in [-0.2, -0.15) is 5.10 Å². The first kappa shape index (κ1) is 21.7. The molecule has 2 heterocycles. The van der Waals surface area contributed by atoms with Gasteiger partial charge in [-0.15, -0.1) is 24.0 Å². The fourth-order valence-electron chi connectivity index (χ4n) is 2.86. The number of carbonyl (C=O) groups is 1. The first-order chi connectivity index (χ1) is 11.6. The van der Waals surface area contributed by atoms with Crippen LogP contribution in [0.3, 0.4) is 0 Å². The van der Waals surface area contributed by atoms with Crippen LogP contribution in [0.1, 0.15) is 32.3 Å². The maximum atomic E-state index is 11.8. The predicted molar refractivity (Wildman–Crippen MR) is 109 cm³/mol. The van der Waals surface area contributed by atoms with Gasteiger partial charge in [-0.25, -0.2) is 0 Å². The molecule has 0 unspecified atom stereocenters. The Kier molecular flexibility index (Phi) is 9.84. The maximum Gasteiger partial charge on any atom is 0.309 e. The van der Waals surface area contributed by atoms with E-state index in [1.165, 1.54) is 0 Å². The number of piperidine rings is 1. The van der Waals surface area contributed by atoms with Crippen LogP contribution in [-0.2, 0) is 16.1 Å². The summed E-state index contributed by atoms with van der Waals surface area (Å²) < 4.78 is 7.04. The van der Waals surface area contributed by atoms with E-state index in [4.69, 9.17) is 9.73 Å². The summed E-state index contributed by atoms with van der Waals surface area (Å²) >= 11 is 0. The number of nitrogens with zero attached hydrogens (tertiary/aromatic N) is 4. The van der Waals surface area contributed by atoms with Crippen molar-refractivity contribution in [1.29, 1.82) is 0 Å². The first-order valence-electron chi connectivity index (χ1n) is 8.83. The monoisotopic (exact) mass is 463 g/mol. The average Bonchev–Trinajstić information content (AvgIpc) is 3.00. The van der Waals surface area contributed by atoms with Gasteiger partial charge < -0.3 is 15.0 Å². The minimum atomic E-state index is -0.0619. The van der Waals surface area contributed by atoms with Gasteiger partial charge in [-0.3, -0.25) is 14.5 Å². The normalized spacial score (nSPS) is 15.6. The van der Waals surface area contributed by atoms with Gasteiger partial charge in [0.2, 0.25) is 0 Å². The van der Waals surface area contributed by atoms with Crippen LogP contribution < -0.4 is 5.32 Å². The highest BCUT2D eigenvalue weighted by Gasteiger charge is 2.27. The molecule has 0 spiro atoms. The summed E-state index contributed by atoms with van der Waals surface area (Å²) in [5, 5.41) is 7.62. The number of hydrogen-bond acceptors (Lipinski definition) is 4.